The molecule has 1 aliphatic carbocycles. The molecule has 0 radical (unpaired) electrons. The van der Waals surface area contributed by atoms with E-state index < -0.39 is 11.8 Å². The van der Waals surface area contributed by atoms with Crippen LogP contribution >= 0.6 is 11.6 Å². The summed E-state index contributed by atoms with van der Waals surface area (Å²) in [5.41, 5.74) is 1.83. The Kier molecular flexibility index (Phi) is 4.50. The Morgan fingerprint density at radius 3 is 2.56 bits per heavy atom. The van der Waals surface area contributed by atoms with Gasteiger partial charge in [-0.1, -0.05) is 17.7 Å². The molecular weight excluding hydrogens is 366 g/mol. The predicted molar refractivity (Wildman–Crippen MR) is 102 cm³/mol. The molecule has 4 rings (SSSR count). The molecule has 0 bridgehead atoms. The number of carboxylic acid groups (broad SMARTS) is 1. The van der Waals surface area contributed by atoms with Gasteiger partial charge in [-0.15, -0.1) is 0 Å². The van der Waals surface area contributed by atoms with Crippen molar-refractivity contribution in [3.8, 4) is 11.5 Å². The second kappa shape index (κ2) is 6.71. The molecule has 5 nitrogen and oxygen atoms in total. The Morgan fingerprint density at radius 2 is 1.93 bits per heavy atom. The van der Waals surface area contributed by atoms with Crippen LogP contribution in [0.15, 0.2) is 30.5 Å². The van der Waals surface area contributed by atoms with Gasteiger partial charge in [0, 0.05) is 36.2 Å². The first-order valence-electron chi connectivity index (χ1n) is 9.24. The number of carboxylic acids is 1. The average Bonchev–Trinajstić information content (AvgIpc) is 3.05. The van der Waals surface area contributed by atoms with E-state index in [2.05, 4.69) is 11.1 Å². The largest absolute Gasteiger partial charge is 0.478 e. The molecule has 27 heavy (non-hydrogen) atoms. The van der Waals surface area contributed by atoms with Crippen molar-refractivity contribution in [3.05, 3.63) is 52.3 Å². The van der Waals surface area contributed by atoms with Crippen LogP contribution in [0.2, 0.25) is 5.02 Å². The molecule has 2 heterocycles. The average molecular weight is 388 g/mol. The summed E-state index contributed by atoms with van der Waals surface area (Å²) in [5, 5.41) is 9.65. The van der Waals surface area contributed by atoms with Gasteiger partial charge < -0.3 is 14.6 Å². The monoisotopic (exact) mass is 387 g/mol. The molecule has 2 aliphatic rings. The summed E-state index contributed by atoms with van der Waals surface area (Å²) in [4.78, 5) is 15.9. The van der Waals surface area contributed by atoms with Crippen molar-refractivity contribution in [3.63, 3.8) is 0 Å². The van der Waals surface area contributed by atoms with Gasteiger partial charge in [0.05, 0.1) is 10.6 Å². The van der Waals surface area contributed by atoms with E-state index in [1.807, 2.05) is 25.3 Å². The van der Waals surface area contributed by atoms with Gasteiger partial charge in [-0.05, 0) is 50.8 Å². The molecule has 1 aliphatic heterocycles. The molecule has 0 spiro atoms. The van der Waals surface area contributed by atoms with E-state index in [9.17, 15) is 9.90 Å². The normalized spacial score (nSPS) is 26.8. The fourth-order valence-corrected chi connectivity index (χ4v) is 4.50. The van der Waals surface area contributed by atoms with E-state index in [1.165, 1.54) is 6.07 Å². The van der Waals surface area contributed by atoms with Gasteiger partial charge in [-0.3, -0.25) is 4.98 Å². The zero-order valence-electron chi connectivity index (χ0n) is 15.4. The first-order chi connectivity index (χ1) is 12.9. The van der Waals surface area contributed by atoms with Crippen molar-refractivity contribution in [1.82, 2.24) is 4.98 Å². The zero-order valence-corrected chi connectivity index (χ0v) is 16.1. The van der Waals surface area contributed by atoms with Crippen LogP contribution in [0, 0.1) is 12.8 Å². The van der Waals surface area contributed by atoms with E-state index in [-0.39, 0.29) is 16.5 Å². The molecule has 1 saturated carbocycles. The summed E-state index contributed by atoms with van der Waals surface area (Å²) in [6, 6.07) is 7.48. The van der Waals surface area contributed by atoms with Crippen molar-refractivity contribution < 1.29 is 19.4 Å². The number of hydrogen-bond donors (Lipinski definition) is 1. The summed E-state index contributed by atoms with van der Waals surface area (Å²) < 4.78 is 12.4. The van der Waals surface area contributed by atoms with Crippen LogP contribution in [-0.2, 0) is 0 Å². The molecule has 142 valence electrons. The fraction of sp³-hybridized carbons (Fsp3) is 0.429. The van der Waals surface area contributed by atoms with Gasteiger partial charge >= 0.3 is 5.97 Å². The number of ether oxygens (including phenoxy) is 2. The number of rotatable bonds is 3. The number of aromatic nitrogens is 1. The maximum Gasteiger partial charge on any atom is 0.336 e. The number of aromatic carboxylic acids is 1. The molecule has 2 aromatic rings. The van der Waals surface area contributed by atoms with Crippen LogP contribution in [0.1, 0.15) is 60.1 Å². The molecule has 1 atom stereocenters. The number of halogens is 1. The molecular formula is C21H22ClNO4. The van der Waals surface area contributed by atoms with Gasteiger partial charge in [0.15, 0.2) is 11.5 Å². The number of carbonyl (C=O) groups is 1. The Morgan fingerprint density at radius 1 is 1.22 bits per heavy atom. The second-order valence-corrected chi connectivity index (χ2v) is 7.92. The topological polar surface area (TPSA) is 68.7 Å². The van der Waals surface area contributed by atoms with E-state index in [4.69, 9.17) is 21.1 Å². The van der Waals surface area contributed by atoms with Crippen molar-refractivity contribution in [2.75, 3.05) is 0 Å². The van der Waals surface area contributed by atoms with Gasteiger partial charge in [-0.2, -0.15) is 0 Å². The van der Waals surface area contributed by atoms with E-state index in [0.29, 0.717) is 23.0 Å². The zero-order chi connectivity index (χ0) is 19.2. The van der Waals surface area contributed by atoms with Crippen LogP contribution < -0.4 is 9.47 Å². The Balaban J connectivity index is 1.53. The Labute approximate surface area is 163 Å². The third kappa shape index (κ3) is 3.14. The highest BCUT2D eigenvalue weighted by molar-refractivity contribution is 6.32. The molecule has 1 aromatic heterocycles. The maximum absolute atomic E-state index is 11.4. The second-order valence-electron chi connectivity index (χ2n) is 7.52. The third-order valence-corrected chi connectivity index (χ3v) is 6.13. The predicted octanol–water partition coefficient (Wildman–Crippen LogP) is 5.20. The lowest BCUT2D eigenvalue weighted by molar-refractivity contribution is -0.121. The van der Waals surface area contributed by atoms with Crippen molar-refractivity contribution in [2.24, 2.45) is 5.92 Å². The van der Waals surface area contributed by atoms with Gasteiger partial charge in [0.1, 0.15) is 0 Å². The molecule has 1 N–H and O–H groups in total. The molecule has 6 heteroatoms. The maximum atomic E-state index is 11.4. The SMILES string of the molecule is Cc1c(C(=O)O)cc(Cl)c2c1OC(C)(C1CCC(c3ccccn3)CC1)O2. The summed E-state index contributed by atoms with van der Waals surface area (Å²) >= 11 is 6.28. The van der Waals surface area contributed by atoms with Crippen LogP contribution in [0.4, 0.5) is 0 Å². The standard InChI is InChI=1S/C21H22ClNO4/c1-12-15(20(24)25)11-16(22)19-18(12)26-21(2,27-19)14-8-6-13(7-9-14)17-5-3-4-10-23-17/h3-5,10-11,13-14H,6-9H2,1-2H3,(H,24,25). The van der Waals surface area contributed by atoms with Crippen molar-refractivity contribution in [1.29, 1.82) is 0 Å². The highest BCUT2D eigenvalue weighted by Gasteiger charge is 2.47. The summed E-state index contributed by atoms with van der Waals surface area (Å²) in [6.07, 6.45) is 5.79. The highest BCUT2D eigenvalue weighted by atomic mass is 35.5. The number of benzene rings is 1. The number of hydrogen-bond acceptors (Lipinski definition) is 4. The van der Waals surface area contributed by atoms with Gasteiger partial charge in [0.25, 0.3) is 5.79 Å². The Hall–Kier alpha value is -2.27. The molecule has 1 unspecified atom stereocenters. The summed E-state index contributed by atoms with van der Waals surface area (Å²) in [5.74, 6) is -0.288. The minimum atomic E-state index is -1.02. The number of nitrogens with zero attached hydrogens (tertiary/aromatic N) is 1. The smallest absolute Gasteiger partial charge is 0.336 e. The molecule has 0 saturated heterocycles. The number of fused-ring (bicyclic) bond motifs is 1. The third-order valence-electron chi connectivity index (χ3n) is 5.85. The van der Waals surface area contributed by atoms with Crippen LogP contribution in [0.3, 0.4) is 0 Å². The number of pyridine rings is 1. The summed E-state index contributed by atoms with van der Waals surface area (Å²) in [7, 11) is 0. The quantitative estimate of drug-likeness (QED) is 0.783. The lowest BCUT2D eigenvalue weighted by Crippen LogP contribution is -2.44. The van der Waals surface area contributed by atoms with Crippen molar-refractivity contribution >= 4 is 17.6 Å². The lowest BCUT2D eigenvalue weighted by Gasteiger charge is -2.37. The van der Waals surface area contributed by atoms with Gasteiger partial charge in [0.2, 0.25) is 0 Å². The fourth-order valence-electron chi connectivity index (χ4n) is 4.27. The van der Waals surface area contributed by atoms with E-state index >= 15 is 0 Å². The van der Waals surface area contributed by atoms with Crippen LogP contribution in [0.5, 0.6) is 11.5 Å². The van der Waals surface area contributed by atoms with E-state index in [1.54, 1.807) is 6.92 Å². The molecule has 1 aromatic carbocycles. The van der Waals surface area contributed by atoms with Crippen LogP contribution in [-0.4, -0.2) is 21.8 Å². The van der Waals surface area contributed by atoms with Crippen LogP contribution in [0.25, 0.3) is 0 Å². The first kappa shape index (κ1) is 18.1. The van der Waals surface area contributed by atoms with Gasteiger partial charge in [-0.25, -0.2) is 4.79 Å². The van der Waals surface area contributed by atoms with Crippen molar-refractivity contribution in [2.45, 2.75) is 51.2 Å². The van der Waals surface area contributed by atoms with E-state index in [0.717, 1.165) is 31.4 Å². The first-order valence-corrected chi connectivity index (χ1v) is 9.62. The highest BCUT2D eigenvalue weighted by Crippen LogP contribution is 2.52. The Bertz CT molecular complexity index is 877. The summed E-state index contributed by atoms with van der Waals surface area (Å²) in [6.45, 7) is 3.65. The molecule has 0 amide bonds. The minimum Gasteiger partial charge on any atom is -0.478 e. The minimum absolute atomic E-state index is 0.144. The lowest BCUT2D eigenvalue weighted by atomic mass is 9.77. The molecule has 1 fully saturated rings.